The first-order chi connectivity index (χ1) is 4.34. The first kappa shape index (κ1) is 6.96. The Balaban J connectivity index is 2.30. The number of alkyl halides is 1. The van der Waals surface area contributed by atoms with Crippen molar-refractivity contribution in [2.75, 3.05) is 13.7 Å². The minimum atomic E-state index is -0.927. The summed E-state index contributed by atoms with van der Waals surface area (Å²) >= 11 is 0. The average Bonchev–Trinajstić information content (AvgIpc) is 1.89. The molecule has 0 saturated carbocycles. The SMILES string of the molecule is CO[C@@H]1OCCC[C@H]1F. The van der Waals surface area contributed by atoms with Crippen LogP contribution < -0.4 is 0 Å². The van der Waals surface area contributed by atoms with Crippen LogP contribution in [0.3, 0.4) is 0 Å². The molecule has 3 heteroatoms. The van der Waals surface area contributed by atoms with Crippen LogP contribution in [0.15, 0.2) is 0 Å². The Morgan fingerprint density at radius 3 is 2.89 bits per heavy atom. The Bertz CT molecular complexity index is 87.1. The van der Waals surface area contributed by atoms with Crippen molar-refractivity contribution in [1.82, 2.24) is 0 Å². The maximum Gasteiger partial charge on any atom is 0.188 e. The maximum absolute atomic E-state index is 12.6. The standard InChI is InChI=1S/C6H11FO2/c1-8-6-5(7)3-2-4-9-6/h5-6H,2-4H2,1H3/t5-,6-/m1/s1. The molecule has 0 amide bonds. The van der Waals surface area contributed by atoms with Crippen molar-refractivity contribution < 1.29 is 13.9 Å². The number of rotatable bonds is 1. The van der Waals surface area contributed by atoms with Gasteiger partial charge in [0.25, 0.3) is 0 Å². The van der Waals surface area contributed by atoms with Gasteiger partial charge in [-0.25, -0.2) is 4.39 Å². The molecule has 0 aromatic carbocycles. The second kappa shape index (κ2) is 3.13. The number of hydrogen-bond acceptors (Lipinski definition) is 2. The van der Waals surface area contributed by atoms with Crippen LogP contribution in [0.1, 0.15) is 12.8 Å². The van der Waals surface area contributed by atoms with E-state index in [2.05, 4.69) is 0 Å². The van der Waals surface area contributed by atoms with Gasteiger partial charge >= 0.3 is 0 Å². The fourth-order valence-corrected chi connectivity index (χ4v) is 0.934. The van der Waals surface area contributed by atoms with E-state index in [1.54, 1.807) is 0 Å². The number of ether oxygens (including phenoxy) is 2. The summed E-state index contributed by atoms with van der Waals surface area (Å²) < 4.78 is 22.2. The Kier molecular flexibility index (Phi) is 2.42. The van der Waals surface area contributed by atoms with Gasteiger partial charge < -0.3 is 9.47 Å². The molecule has 1 aliphatic heterocycles. The molecule has 2 nitrogen and oxygen atoms in total. The van der Waals surface area contributed by atoms with Crippen LogP contribution in [0.2, 0.25) is 0 Å². The van der Waals surface area contributed by atoms with Crippen LogP contribution in [0, 0.1) is 0 Å². The fourth-order valence-electron chi connectivity index (χ4n) is 0.934. The van der Waals surface area contributed by atoms with Gasteiger partial charge in [-0.05, 0) is 12.8 Å². The topological polar surface area (TPSA) is 18.5 Å². The van der Waals surface area contributed by atoms with Crippen LogP contribution in [0.25, 0.3) is 0 Å². The van der Waals surface area contributed by atoms with Crippen molar-refractivity contribution in [3.8, 4) is 0 Å². The van der Waals surface area contributed by atoms with E-state index in [0.29, 0.717) is 13.0 Å². The van der Waals surface area contributed by atoms with Crippen LogP contribution in [-0.2, 0) is 9.47 Å². The van der Waals surface area contributed by atoms with Gasteiger partial charge in [0, 0.05) is 13.7 Å². The monoisotopic (exact) mass is 134 g/mol. The van der Waals surface area contributed by atoms with Gasteiger partial charge in [0.1, 0.15) is 0 Å². The number of methoxy groups -OCH3 is 1. The summed E-state index contributed by atoms with van der Waals surface area (Å²) in [5.74, 6) is 0. The second-order valence-corrected chi connectivity index (χ2v) is 2.13. The van der Waals surface area contributed by atoms with Gasteiger partial charge in [-0.3, -0.25) is 0 Å². The molecule has 0 aromatic rings. The summed E-state index contributed by atoms with van der Waals surface area (Å²) in [6.07, 6.45) is -0.165. The predicted octanol–water partition coefficient (Wildman–Crippen LogP) is 1.11. The van der Waals surface area contributed by atoms with E-state index in [1.807, 2.05) is 0 Å². The average molecular weight is 134 g/mol. The third-order valence-corrected chi connectivity index (χ3v) is 1.43. The second-order valence-electron chi connectivity index (χ2n) is 2.13. The first-order valence-corrected chi connectivity index (χ1v) is 3.13. The molecular weight excluding hydrogens is 123 g/mol. The van der Waals surface area contributed by atoms with E-state index in [-0.39, 0.29) is 0 Å². The molecule has 9 heavy (non-hydrogen) atoms. The zero-order valence-electron chi connectivity index (χ0n) is 5.47. The highest BCUT2D eigenvalue weighted by atomic mass is 19.1. The van der Waals surface area contributed by atoms with Crippen LogP contribution in [0.4, 0.5) is 4.39 Å². The Hall–Kier alpha value is -0.150. The molecule has 1 heterocycles. The quantitative estimate of drug-likeness (QED) is 0.534. The Labute approximate surface area is 54.0 Å². The summed E-state index contributed by atoms with van der Waals surface area (Å²) in [6, 6.07) is 0. The molecule has 1 rings (SSSR count). The molecule has 2 atom stereocenters. The molecule has 0 spiro atoms. The highest BCUT2D eigenvalue weighted by molar-refractivity contribution is 4.65. The van der Waals surface area contributed by atoms with Gasteiger partial charge in [-0.1, -0.05) is 0 Å². The van der Waals surface area contributed by atoms with Crippen molar-refractivity contribution >= 4 is 0 Å². The van der Waals surface area contributed by atoms with Gasteiger partial charge in [0.05, 0.1) is 0 Å². The largest absolute Gasteiger partial charge is 0.353 e. The van der Waals surface area contributed by atoms with Gasteiger partial charge in [-0.2, -0.15) is 0 Å². The van der Waals surface area contributed by atoms with E-state index >= 15 is 0 Å². The van der Waals surface area contributed by atoms with E-state index in [0.717, 1.165) is 6.42 Å². The van der Waals surface area contributed by atoms with Gasteiger partial charge in [-0.15, -0.1) is 0 Å². The van der Waals surface area contributed by atoms with Crippen molar-refractivity contribution in [3.63, 3.8) is 0 Å². The van der Waals surface area contributed by atoms with Crippen molar-refractivity contribution in [2.24, 2.45) is 0 Å². The minimum absolute atomic E-state index is 0.568. The summed E-state index contributed by atoms with van der Waals surface area (Å²) in [7, 11) is 1.46. The normalized spacial score (nSPS) is 36.7. The summed E-state index contributed by atoms with van der Waals surface area (Å²) in [4.78, 5) is 0. The summed E-state index contributed by atoms with van der Waals surface area (Å²) in [5.41, 5.74) is 0. The van der Waals surface area contributed by atoms with Crippen LogP contribution in [-0.4, -0.2) is 26.2 Å². The van der Waals surface area contributed by atoms with E-state index in [1.165, 1.54) is 7.11 Å². The van der Waals surface area contributed by atoms with E-state index in [4.69, 9.17) is 9.47 Å². The predicted molar refractivity (Wildman–Crippen MR) is 30.9 cm³/mol. The smallest absolute Gasteiger partial charge is 0.188 e. The van der Waals surface area contributed by atoms with Crippen molar-refractivity contribution in [1.29, 1.82) is 0 Å². The third kappa shape index (κ3) is 1.63. The lowest BCUT2D eigenvalue weighted by atomic mass is 10.2. The molecule has 1 aliphatic rings. The first-order valence-electron chi connectivity index (χ1n) is 3.13. The fraction of sp³-hybridized carbons (Fsp3) is 1.00. The van der Waals surface area contributed by atoms with Crippen LogP contribution in [0.5, 0.6) is 0 Å². The Morgan fingerprint density at radius 2 is 2.44 bits per heavy atom. The van der Waals surface area contributed by atoms with Crippen molar-refractivity contribution in [2.45, 2.75) is 25.3 Å². The molecule has 1 saturated heterocycles. The van der Waals surface area contributed by atoms with E-state index in [9.17, 15) is 4.39 Å². The maximum atomic E-state index is 12.6. The lowest BCUT2D eigenvalue weighted by molar-refractivity contribution is -0.181. The number of halogens is 1. The highest BCUT2D eigenvalue weighted by Crippen LogP contribution is 2.16. The highest BCUT2D eigenvalue weighted by Gasteiger charge is 2.24. The molecule has 54 valence electrons. The molecule has 0 aromatic heterocycles. The molecule has 0 bridgehead atoms. The molecule has 1 fully saturated rings. The van der Waals surface area contributed by atoms with Gasteiger partial charge in [0.15, 0.2) is 12.5 Å². The lowest BCUT2D eigenvalue weighted by Crippen LogP contribution is -2.32. The third-order valence-electron chi connectivity index (χ3n) is 1.43. The molecule has 0 N–H and O–H groups in total. The number of hydrogen-bond donors (Lipinski definition) is 0. The van der Waals surface area contributed by atoms with Crippen molar-refractivity contribution in [3.05, 3.63) is 0 Å². The summed E-state index contributed by atoms with van der Waals surface area (Å²) in [5, 5.41) is 0. The molecule has 0 aliphatic carbocycles. The lowest BCUT2D eigenvalue weighted by Gasteiger charge is -2.24. The van der Waals surface area contributed by atoms with Gasteiger partial charge in [0.2, 0.25) is 0 Å². The van der Waals surface area contributed by atoms with E-state index < -0.39 is 12.5 Å². The molecular formula is C6H11FO2. The summed E-state index contributed by atoms with van der Waals surface area (Å²) in [6.45, 7) is 0.624. The molecule has 0 unspecified atom stereocenters. The van der Waals surface area contributed by atoms with Crippen LogP contribution >= 0.6 is 0 Å². The Morgan fingerprint density at radius 1 is 1.67 bits per heavy atom. The zero-order valence-corrected chi connectivity index (χ0v) is 5.47. The minimum Gasteiger partial charge on any atom is -0.353 e. The zero-order chi connectivity index (χ0) is 6.69. The molecule has 0 radical (unpaired) electrons.